The minimum Gasteiger partial charge on any atom is -0.508 e. The Labute approximate surface area is 200 Å². The number of carbonyl (C=O) groups is 2. The summed E-state index contributed by atoms with van der Waals surface area (Å²) in [5, 5.41) is 11.3. The summed E-state index contributed by atoms with van der Waals surface area (Å²) in [7, 11) is 3.83. The van der Waals surface area contributed by atoms with E-state index in [-0.39, 0.29) is 36.4 Å². The van der Waals surface area contributed by atoms with Crippen LogP contribution in [0.2, 0.25) is 0 Å². The van der Waals surface area contributed by atoms with Crippen LogP contribution < -0.4 is 11.3 Å². The van der Waals surface area contributed by atoms with Gasteiger partial charge in [-0.15, -0.1) is 0 Å². The monoisotopic (exact) mass is 478 g/mol. The predicted octanol–water partition coefficient (Wildman–Crippen LogP) is 1.36. The summed E-state index contributed by atoms with van der Waals surface area (Å²) in [6, 6.07) is 7.00. The van der Waals surface area contributed by atoms with Crippen LogP contribution in [0.15, 0.2) is 29.1 Å². The van der Waals surface area contributed by atoms with E-state index in [9.17, 15) is 19.5 Å². The third-order valence-corrected chi connectivity index (χ3v) is 6.68. The third kappa shape index (κ3) is 3.40. The average molecular weight is 479 g/mol. The first-order valence-corrected chi connectivity index (χ1v) is 11.4. The zero-order chi connectivity index (χ0) is 25.1. The Morgan fingerprint density at radius 2 is 2.09 bits per heavy atom. The number of aromatic hydroxyl groups is 1. The number of nitrogens with two attached hydrogens (primary N) is 1. The molecular weight excluding hydrogens is 452 g/mol. The van der Waals surface area contributed by atoms with Crippen LogP contribution in [-0.4, -0.2) is 52.1 Å². The lowest BCUT2D eigenvalue weighted by Crippen LogP contribution is -2.48. The first-order chi connectivity index (χ1) is 16.7. The fourth-order valence-corrected chi connectivity index (χ4v) is 4.98. The minimum atomic E-state index is -1.75. The summed E-state index contributed by atoms with van der Waals surface area (Å²) >= 11 is 0. The van der Waals surface area contributed by atoms with Crippen LogP contribution in [0.4, 0.5) is 0 Å². The number of pyridine rings is 2. The molecular formula is C25H26N4O6. The summed E-state index contributed by atoms with van der Waals surface area (Å²) in [5.74, 6) is -1.32. The van der Waals surface area contributed by atoms with E-state index in [0.29, 0.717) is 29.0 Å². The number of carbonyl (C=O) groups excluding carboxylic acids is 2. The molecule has 0 radical (unpaired) electrons. The lowest BCUT2D eigenvalue weighted by molar-refractivity contribution is -0.188. The highest BCUT2D eigenvalue weighted by atomic mass is 16.6. The molecule has 1 atom stereocenters. The minimum absolute atomic E-state index is 0.0820. The second-order valence-corrected chi connectivity index (χ2v) is 9.11. The molecule has 3 N–H and O–H groups in total. The van der Waals surface area contributed by atoms with Gasteiger partial charge in [-0.25, -0.2) is 9.78 Å². The Hall–Kier alpha value is -3.76. The van der Waals surface area contributed by atoms with Gasteiger partial charge in [0.25, 0.3) is 5.56 Å². The maximum atomic E-state index is 13.5. The van der Waals surface area contributed by atoms with Gasteiger partial charge < -0.3 is 29.8 Å². The Morgan fingerprint density at radius 3 is 2.77 bits per heavy atom. The van der Waals surface area contributed by atoms with Crippen LogP contribution >= 0.6 is 0 Å². The summed E-state index contributed by atoms with van der Waals surface area (Å²) < 4.78 is 12.4. The van der Waals surface area contributed by atoms with E-state index in [0.717, 1.165) is 16.5 Å². The molecule has 3 aromatic rings. The van der Waals surface area contributed by atoms with Gasteiger partial charge >= 0.3 is 11.9 Å². The molecule has 10 heteroatoms. The Kier molecular flexibility index (Phi) is 5.37. The number of hydrogen-bond acceptors (Lipinski definition) is 9. The maximum absolute atomic E-state index is 13.5. The molecule has 1 aromatic carbocycles. The molecule has 35 heavy (non-hydrogen) atoms. The molecule has 0 saturated heterocycles. The third-order valence-electron chi connectivity index (χ3n) is 6.68. The molecule has 0 bridgehead atoms. The van der Waals surface area contributed by atoms with Gasteiger partial charge in [0.2, 0.25) is 5.60 Å². The molecule has 2 aromatic heterocycles. The second-order valence-electron chi connectivity index (χ2n) is 9.11. The van der Waals surface area contributed by atoms with Crippen LogP contribution in [0.5, 0.6) is 5.75 Å². The van der Waals surface area contributed by atoms with E-state index in [1.54, 1.807) is 29.7 Å². The van der Waals surface area contributed by atoms with Crippen molar-refractivity contribution in [1.82, 2.24) is 14.5 Å². The highest BCUT2D eigenvalue weighted by Crippen LogP contribution is 2.41. The quantitative estimate of drug-likeness (QED) is 0.407. The Bertz CT molecular complexity index is 1460. The molecule has 182 valence electrons. The number of ether oxygens (including phenoxy) is 2. The highest BCUT2D eigenvalue weighted by Gasteiger charge is 2.50. The first-order valence-electron chi connectivity index (χ1n) is 11.4. The summed E-state index contributed by atoms with van der Waals surface area (Å²) in [5.41, 5.74) is 7.31. The number of rotatable bonds is 5. The van der Waals surface area contributed by atoms with Gasteiger partial charge in [-0.05, 0) is 44.8 Å². The summed E-state index contributed by atoms with van der Waals surface area (Å²) in [4.78, 5) is 45.3. The molecule has 0 spiro atoms. The second kappa shape index (κ2) is 8.17. The van der Waals surface area contributed by atoms with Crippen molar-refractivity contribution in [2.75, 3.05) is 20.6 Å². The van der Waals surface area contributed by atoms with Gasteiger partial charge in [-0.2, -0.15) is 0 Å². The maximum Gasteiger partial charge on any atom is 0.355 e. The fraction of sp³-hybridized carbons (Fsp3) is 0.360. The molecule has 0 saturated carbocycles. The Balaban J connectivity index is 1.73. The van der Waals surface area contributed by atoms with Gasteiger partial charge in [-0.3, -0.25) is 9.59 Å². The van der Waals surface area contributed by atoms with Crippen molar-refractivity contribution >= 4 is 22.8 Å². The number of esters is 2. The van der Waals surface area contributed by atoms with Crippen molar-refractivity contribution in [3.63, 3.8) is 0 Å². The van der Waals surface area contributed by atoms with Crippen molar-refractivity contribution in [2.45, 2.75) is 38.6 Å². The van der Waals surface area contributed by atoms with Gasteiger partial charge in [0.05, 0.1) is 35.6 Å². The van der Waals surface area contributed by atoms with E-state index in [1.807, 2.05) is 25.1 Å². The number of aromatic nitrogens is 2. The lowest BCUT2D eigenvalue weighted by Gasteiger charge is -2.35. The van der Waals surface area contributed by atoms with Gasteiger partial charge in [0, 0.05) is 28.6 Å². The summed E-state index contributed by atoms with van der Waals surface area (Å²) in [6.45, 7) is 1.88. The van der Waals surface area contributed by atoms with Crippen molar-refractivity contribution in [3.8, 4) is 17.1 Å². The van der Waals surface area contributed by atoms with Gasteiger partial charge in [-0.1, -0.05) is 6.92 Å². The standard InChI is InChI=1S/C25H26N4O6/c1-4-25(35-21(31)9-26)17-8-19-22-13(10-29(19)23(32)16(17)12-34-24(25)33)7-14-15(11-28(2)3)20(30)6-5-18(14)27-22/h5-8,30H,4,9-12,26H2,1-3H3/t25-/m0/s1. The van der Waals surface area contributed by atoms with Gasteiger partial charge in [0.15, 0.2) is 0 Å². The first kappa shape index (κ1) is 23.0. The smallest absolute Gasteiger partial charge is 0.355 e. The SMILES string of the molecule is CC[C@@]1(OC(=O)CN)C(=O)OCc2c1cc1n(c2=O)Cc2cc3c(CN(C)C)c(O)ccc3nc2-1. The van der Waals surface area contributed by atoms with Gasteiger partial charge in [0.1, 0.15) is 12.4 Å². The average Bonchev–Trinajstić information content (AvgIpc) is 3.19. The van der Waals surface area contributed by atoms with Crippen LogP contribution in [0.1, 0.15) is 35.6 Å². The Morgan fingerprint density at radius 1 is 1.31 bits per heavy atom. The van der Waals surface area contributed by atoms with E-state index in [4.69, 9.17) is 20.2 Å². The molecule has 2 aliphatic rings. The van der Waals surface area contributed by atoms with E-state index >= 15 is 0 Å². The summed E-state index contributed by atoms with van der Waals surface area (Å²) in [6.07, 6.45) is 0.0820. The zero-order valence-electron chi connectivity index (χ0n) is 19.8. The topological polar surface area (TPSA) is 137 Å². The van der Waals surface area contributed by atoms with E-state index in [2.05, 4.69) is 0 Å². The number of nitrogens with zero attached hydrogens (tertiary/aromatic N) is 3. The van der Waals surface area contributed by atoms with Crippen molar-refractivity contribution in [2.24, 2.45) is 5.73 Å². The molecule has 4 heterocycles. The predicted molar refractivity (Wildman–Crippen MR) is 127 cm³/mol. The fourth-order valence-electron chi connectivity index (χ4n) is 4.98. The van der Waals surface area contributed by atoms with Crippen LogP contribution in [-0.2, 0) is 44.4 Å². The normalized spacial score (nSPS) is 18.3. The molecule has 2 aliphatic heterocycles. The number of hydrogen-bond donors (Lipinski definition) is 2. The molecule has 0 unspecified atom stereocenters. The largest absolute Gasteiger partial charge is 0.508 e. The zero-order valence-corrected chi connectivity index (χ0v) is 19.8. The molecule has 0 fully saturated rings. The van der Waals surface area contributed by atoms with Crippen molar-refractivity contribution in [1.29, 1.82) is 0 Å². The van der Waals surface area contributed by atoms with Crippen molar-refractivity contribution < 1.29 is 24.2 Å². The molecule has 10 nitrogen and oxygen atoms in total. The van der Waals surface area contributed by atoms with E-state index in [1.165, 1.54) is 0 Å². The lowest BCUT2D eigenvalue weighted by atomic mass is 9.85. The van der Waals surface area contributed by atoms with Crippen LogP contribution in [0.3, 0.4) is 0 Å². The number of phenolic OH excluding ortho intramolecular Hbond substituents is 1. The highest BCUT2D eigenvalue weighted by molar-refractivity contribution is 5.90. The molecule has 0 aliphatic carbocycles. The number of phenols is 1. The molecule has 5 rings (SSSR count). The van der Waals surface area contributed by atoms with Crippen LogP contribution in [0.25, 0.3) is 22.3 Å². The number of benzene rings is 1. The number of cyclic esters (lactones) is 1. The van der Waals surface area contributed by atoms with Crippen LogP contribution in [0, 0.1) is 0 Å². The number of fused-ring (bicyclic) bond motifs is 5. The van der Waals surface area contributed by atoms with E-state index < -0.39 is 24.1 Å². The van der Waals surface area contributed by atoms with Crippen molar-refractivity contribution in [3.05, 3.63) is 56.9 Å². The molecule has 0 amide bonds.